The molecule has 0 atom stereocenters. The zero-order chi connectivity index (χ0) is 23.0. The Bertz CT molecular complexity index is 1310. The topological polar surface area (TPSA) is 109 Å². The molecule has 1 aromatic carbocycles. The lowest BCUT2D eigenvalue weighted by Crippen LogP contribution is -2.13. The molecular formula is C25H23N7O. The van der Waals surface area contributed by atoms with Gasteiger partial charge in [0.2, 0.25) is 0 Å². The van der Waals surface area contributed by atoms with Gasteiger partial charge in [-0.2, -0.15) is 5.26 Å². The van der Waals surface area contributed by atoms with E-state index in [0.717, 1.165) is 48.3 Å². The van der Waals surface area contributed by atoms with Crippen molar-refractivity contribution >= 4 is 11.6 Å². The fraction of sp³-hybridized carbons (Fsp3) is 0.200. The Balaban J connectivity index is 1.52. The van der Waals surface area contributed by atoms with E-state index >= 15 is 0 Å². The summed E-state index contributed by atoms with van der Waals surface area (Å²) in [5.74, 6) is 0.440. The van der Waals surface area contributed by atoms with E-state index in [4.69, 9.17) is 5.26 Å². The number of benzene rings is 1. The van der Waals surface area contributed by atoms with E-state index in [2.05, 4.69) is 38.5 Å². The van der Waals surface area contributed by atoms with Crippen molar-refractivity contribution in [3.63, 3.8) is 0 Å². The molecule has 0 fully saturated rings. The highest BCUT2D eigenvalue weighted by atomic mass is 16.1. The second-order valence-electron chi connectivity index (χ2n) is 7.59. The Morgan fingerprint density at radius 3 is 2.85 bits per heavy atom. The summed E-state index contributed by atoms with van der Waals surface area (Å²) < 4.78 is 2.03. The van der Waals surface area contributed by atoms with Gasteiger partial charge in [0.15, 0.2) is 5.82 Å². The summed E-state index contributed by atoms with van der Waals surface area (Å²) >= 11 is 0. The van der Waals surface area contributed by atoms with Crippen LogP contribution in [0.4, 0.5) is 5.69 Å². The molecule has 1 amide bonds. The second-order valence-corrected chi connectivity index (χ2v) is 7.59. The Hall–Kier alpha value is -4.38. The smallest absolute Gasteiger partial charge is 0.274 e. The zero-order valence-corrected chi connectivity index (χ0v) is 18.3. The van der Waals surface area contributed by atoms with Crippen molar-refractivity contribution in [3.8, 4) is 28.6 Å². The number of carbonyl (C=O) groups excluding carboxylic acids is 1. The Morgan fingerprint density at radius 2 is 2.00 bits per heavy atom. The summed E-state index contributed by atoms with van der Waals surface area (Å²) in [7, 11) is 0. The molecule has 0 saturated carbocycles. The molecule has 33 heavy (non-hydrogen) atoms. The molecular weight excluding hydrogens is 414 g/mol. The molecule has 164 valence electrons. The van der Waals surface area contributed by atoms with E-state index in [0.29, 0.717) is 11.3 Å². The highest BCUT2D eigenvalue weighted by Crippen LogP contribution is 2.23. The molecule has 0 aliphatic heterocycles. The number of nitriles is 1. The third-order valence-electron chi connectivity index (χ3n) is 5.19. The number of hydrogen-bond donors (Lipinski definition) is 1. The molecule has 1 N–H and O–H groups in total. The molecule has 0 saturated heterocycles. The second kappa shape index (κ2) is 10.3. The van der Waals surface area contributed by atoms with Gasteiger partial charge in [0.1, 0.15) is 18.1 Å². The Kier molecular flexibility index (Phi) is 6.81. The average molecular weight is 438 g/mol. The van der Waals surface area contributed by atoms with Crippen LogP contribution >= 0.6 is 0 Å². The first kappa shape index (κ1) is 21.8. The fourth-order valence-corrected chi connectivity index (χ4v) is 3.50. The van der Waals surface area contributed by atoms with Crippen molar-refractivity contribution in [2.45, 2.75) is 32.7 Å². The fourth-order valence-electron chi connectivity index (χ4n) is 3.50. The summed E-state index contributed by atoms with van der Waals surface area (Å²) in [4.78, 5) is 21.2. The van der Waals surface area contributed by atoms with Crippen LogP contribution in [-0.4, -0.2) is 30.6 Å². The number of hydrogen-bond acceptors (Lipinski definition) is 6. The summed E-state index contributed by atoms with van der Waals surface area (Å²) in [5, 5.41) is 20.3. The van der Waals surface area contributed by atoms with Crippen LogP contribution in [0.3, 0.4) is 0 Å². The minimum Gasteiger partial charge on any atom is -0.321 e. The molecule has 0 radical (unpaired) electrons. The van der Waals surface area contributed by atoms with Crippen LogP contribution in [0.5, 0.6) is 0 Å². The molecule has 0 aliphatic carbocycles. The number of aryl methyl sites for hydroxylation is 1. The first-order valence-electron chi connectivity index (χ1n) is 10.8. The highest BCUT2D eigenvalue weighted by molar-refractivity contribution is 6.03. The number of aromatic nitrogens is 5. The average Bonchev–Trinajstić information content (AvgIpc) is 3.33. The van der Waals surface area contributed by atoms with E-state index in [-0.39, 0.29) is 11.6 Å². The van der Waals surface area contributed by atoms with Crippen LogP contribution in [0, 0.1) is 11.3 Å². The standard InChI is InChI=1S/C25H23N7O/c1-2-3-4-10-32-17-29-31-24(32)20-6-5-7-22(12-20)30-25(33)23-13-19(8-9-28-23)21-11-18(14-26)15-27-16-21/h5-9,11-13,15-17H,2-4,10H2,1H3,(H,30,33). The number of amides is 1. The lowest BCUT2D eigenvalue weighted by molar-refractivity contribution is 0.102. The maximum Gasteiger partial charge on any atom is 0.274 e. The van der Waals surface area contributed by atoms with Crippen molar-refractivity contribution in [1.29, 1.82) is 5.26 Å². The van der Waals surface area contributed by atoms with Crippen molar-refractivity contribution in [3.05, 3.63) is 78.6 Å². The van der Waals surface area contributed by atoms with E-state index in [9.17, 15) is 4.79 Å². The Morgan fingerprint density at radius 1 is 1.09 bits per heavy atom. The quantitative estimate of drug-likeness (QED) is 0.400. The van der Waals surface area contributed by atoms with Crippen LogP contribution in [-0.2, 0) is 6.54 Å². The Labute approximate surface area is 192 Å². The van der Waals surface area contributed by atoms with Gasteiger partial charge in [-0.15, -0.1) is 10.2 Å². The molecule has 0 unspecified atom stereocenters. The van der Waals surface area contributed by atoms with Crippen molar-refractivity contribution in [2.75, 3.05) is 5.32 Å². The predicted octanol–water partition coefficient (Wildman–Crippen LogP) is 4.72. The molecule has 0 spiro atoms. The van der Waals surface area contributed by atoms with E-state index in [1.807, 2.05) is 28.8 Å². The van der Waals surface area contributed by atoms with Gasteiger partial charge < -0.3 is 9.88 Å². The van der Waals surface area contributed by atoms with Crippen LogP contribution in [0.15, 0.2) is 67.4 Å². The third kappa shape index (κ3) is 5.28. The monoisotopic (exact) mass is 437 g/mol. The largest absolute Gasteiger partial charge is 0.321 e. The number of nitrogens with one attached hydrogen (secondary N) is 1. The van der Waals surface area contributed by atoms with Gasteiger partial charge in [0, 0.05) is 41.9 Å². The maximum atomic E-state index is 12.9. The predicted molar refractivity (Wildman–Crippen MR) is 125 cm³/mol. The first-order chi connectivity index (χ1) is 16.2. The molecule has 8 heteroatoms. The van der Waals surface area contributed by atoms with Crippen LogP contribution in [0.2, 0.25) is 0 Å². The summed E-state index contributed by atoms with van der Waals surface area (Å²) in [6, 6.07) is 14.8. The van der Waals surface area contributed by atoms with Gasteiger partial charge >= 0.3 is 0 Å². The molecule has 0 bridgehead atoms. The summed E-state index contributed by atoms with van der Waals surface area (Å²) in [5.41, 5.74) is 3.74. The number of anilines is 1. The van der Waals surface area contributed by atoms with Crippen molar-refractivity contribution < 1.29 is 4.79 Å². The van der Waals surface area contributed by atoms with Crippen molar-refractivity contribution in [1.82, 2.24) is 24.7 Å². The molecule has 3 heterocycles. The number of carbonyl (C=O) groups is 1. The molecule has 4 aromatic rings. The lowest BCUT2D eigenvalue weighted by Gasteiger charge is -2.09. The van der Waals surface area contributed by atoms with Gasteiger partial charge in [0.05, 0.1) is 5.56 Å². The molecule has 4 rings (SSSR count). The molecule has 0 aliphatic rings. The van der Waals surface area contributed by atoms with Gasteiger partial charge in [-0.1, -0.05) is 31.9 Å². The number of unbranched alkanes of at least 4 members (excludes halogenated alkanes) is 2. The minimum atomic E-state index is -0.331. The molecule has 3 aromatic heterocycles. The number of rotatable bonds is 8. The number of nitrogens with zero attached hydrogens (tertiary/aromatic N) is 6. The third-order valence-corrected chi connectivity index (χ3v) is 5.19. The SMILES string of the molecule is CCCCCn1cnnc1-c1cccc(NC(=O)c2cc(-c3cncc(C#N)c3)ccn2)c1. The van der Waals surface area contributed by atoms with E-state index in [1.165, 1.54) is 6.20 Å². The van der Waals surface area contributed by atoms with Crippen LogP contribution < -0.4 is 5.32 Å². The van der Waals surface area contributed by atoms with Crippen molar-refractivity contribution in [2.24, 2.45) is 0 Å². The maximum absolute atomic E-state index is 12.9. The van der Waals surface area contributed by atoms with E-state index < -0.39 is 0 Å². The van der Waals surface area contributed by atoms with Gasteiger partial charge in [-0.3, -0.25) is 14.8 Å². The van der Waals surface area contributed by atoms with Crippen LogP contribution in [0.1, 0.15) is 42.2 Å². The van der Waals surface area contributed by atoms with Crippen LogP contribution in [0.25, 0.3) is 22.5 Å². The first-order valence-corrected chi connectivity index (χ1v) is 10.8. The molecule has 8 nitrogen and oxygen atoms in total. The minimum absolute atomic E-state index is 0.267. The summed E-state index contributed by atoms with van der Waals surface area (Å²) in [6.07, 6.45) is 9.81. The van der Waals surface area contributed by atoms with Gasteiger partial charge in [0.25, 0.3) is 5.91 Å². The summed E-state index contributed by atoms with van der Waals surface area (Å²) in [6.45, 7) is 3.02. The lowest BCUT2D eigenvalue weighted by atomic mass is 10.1. The normalized spacial score (nSPS) is 10.5. The van der Waals surface area contributed by atoms with E-state index in [1.54, 1.807) is 36.9 Å². The zero-order valence-electron chi connectivity index (χ0n) is 18.3. The number of pyridine rings is 2. The highest BCUT2D eigenvalue weighted by Gasteiger charge is 2.12. The van der Waals surface area contributed by atoms with Gasteiger partial charge in [-0.25, -0.2) is 0 Å². The van der Waals surface area contributed by atoms with Gasteiger partial charge in [-0.05, 0) is 42.3 Å².